The number of aryl methyl sites for hydroxylation is 1. The van der Waals surface area contributed by atoms with Crippen LogP contribution < -0.4 is 0 Å². The monoisotopic (exact) mass is 284 g/mol. The summed E-state index contributed by atoms with van der Waals surface area (Å²) in [6, 6.07) is 7.25. The maximum absolute atomic E-state index is 11.4. The number of methoxy groups -OCH3 is 1. The van der Waals surface area contributed by atoms with Gasteiger partial charge in [0.1, 0.15) is 6.33 Å². The average molecular weight is 284 g/mol. The third kappa shape index (κ3) is 2.06. The number of carbonyl (C=O) groups excluding carboxylic acids is 1. The first-order valence-corrected chi connectivity index (χ1v) is 6.96. The first-order valence-electron chi connectivity index (χ1n) is 6.08. The second-order valence-electron chi connectivity index (χ2n) is 4.39. The van der Waals surface area contributed by atoms with Crippen molar-refractivity contribution in [1.29, 1.82) is 0 Å². The number of esters is 1. The van der Waals surface area contributed by atoms with E-state index in [1.807, 2.05) is 19.1 Å². The minimum Gasteiger partial charge on any atom is -0.465 e. The zero-order chi connectivity index (χ0) is 14.1. The normalized spacial score (nSPS) is 10.7. The number of fused-ring (bicyclic) bond motifs is 1. The second kappa shape index (κ2) is 5.02. The van der Waals surface area contributed by atoms with Gasteiger partial charge in [-0.15, -0.1) is 11.3 Å². The maximum Gasteiger partial charge on any atom is 0.337 e. The van der Waals surface area contributed by atoms with Crippen molar-refractivity contribution in [3.8, 4) is 11.3 Å². The molecule has 0 spiro atoms. The van der Waals surface area contributed by atoms with Crippen LogP contribution in [0.3, 0.4) is 0 Å². The summed E-state index contributed by atoms with van der Waals surface area (Å²) < 4.78 is 5.76. The van der Waals surface area contributed by atoms with Crippen molar-refractivity contribution in [2.45, 2.75) is 6.92 Å². The van der Waals surface area contributed by atoms with Gasteiger partial charge in [0, 0.05) is 5.56 Å². The summed E-state index contributed by atoms with van der Waals surface area (Å²) in [5.41, 5.74) is 4.53. The van der Waals surface area contributed by atoms with E-state index in [1.165, 1.54) is 7.11 Å². The van der Waals surface area contributed by atoms with Crippen molar-refractivity contribution < 1.29 is 9.53 Å². The van der Waals surface area contributed by atoms with E-state index in [4.69, 9.17) is 4.74 Å². The number of ether oxygens (including phenoxy) is 1. The standard InChI is InChI=1S/C15H12N2O2S/c1-9-7-20-14-12(9)16-8-17-13(14)10-3-5-11(6-4-10)15(18)19-2/h3-8H,1-2H3. The molecule has 0 aliphatic rings. The minimum atomic E-state index is -0.337. The molecule has 4 nitrogen and oxygen atoms in total. The molecule has 0 saturated heterocycles. The van der Waals surface area contributed by atoms with Gasteiger partial charge in [0.2, 0.25) is 0 Å². The summed E-state index contributed by atoms with van der Waals surface area (Å²) in [7, 11) is 1.37. The zero-order valence-electron chi connectivity index (χ0n) is 11.1. The lowest BCUT2D eigenvalue weighted by atomic mass is 10.1. The lowest BCUT2D eigenvalue weighted by Crippen LogP contribution is -2.00. The summed E-state index contributed by atoms with van der Waals surface area (Å²) >= 11 is 1.63. The van der Waals surface area contributed by atoms with Crippen LogP contribution in [-0.2, 0) is 4.74 Å². The Morgan fingerprint density at radius 2 is 1.95 bits per heavy atom. The molecule has 0 fully saturated rings. The van der Waals surface area contributed by atoms with Gasteiger partial charge in [-0.3, -0.25) is 0 Å². The minimum absolute atomic E-state index is 0.337. The molecule has 0 atom stereocenters. The van der Waals surface area contributed by atoms with E-state index in [0.29, 0.717) is 5.56 Å². The molecule has 2 heterocycles. The molecule has 20 heavy (non-hydrogen) atoms. The molecule has 0 N–H and O–H groups in total. The van der Waals surface area contributed by atoms with Crippen molar-refractivity contribution >= 4 is 27.5 Å². The Balaban J connectivity index is 2.09. The highest BCUT2D eigenvalue weighted by atomic mass is 32.1. The van der Waals surface area contributed by atoms with Crippen LogP contribution in [0, 0.1) is 6.92 Å². The van der Waals surface area contributed by atoms with Crippen LogP contribution in [-0.4, -0.2) is 23.0 Å². The van der Waals surface area contributed by atoms with Gasteiger partial charge in [0.05, 0.1) is 28.6 Å². The molecule has 2 aromatic heterocycles. The molecule has 0 aliphatic heterocycles. The molecule has 0 saturated carbocycles. The lowest BCUT2D eigenvalue weighted by Gasteiger charge is -2.04. The first kappa shape index (κ1) is 12.7. The average Bonchev–Trinajstić information content (AvgIpc) is 2.88. The number of nitrogens with zero attached hydrogens (tertiary/aromatic N) is 2. The summed E-state index contributed by atoms with van der Waals surface area (Å²) in [5.74, 6) is -0.337. The second-order valence-corrected chi connectivity index (χ2v) is 5.27. The highest BCUT2D eigenvalue weighted by molar-refractivity contribution is 7.17. The molecule has 0 aliphatic carbocycles. The Labute approximate surface area is 120 Å². The van der Waals surface area contributed by atoms with E-state index in [9.17, 15) is 4.79 Å². The van der Waals surface area contributed by atoms with Crippen molar-refractivity contribution in [2.24, 2.45) is 0 Å². The molecule has 0 unspecified atom stereocenters. The summed E-state index contributed by atoms with van der Waals surface area (Å²) in [6.45, 7) is 2.04. The smallest absolute Gasteiger partial charge is 0.337 e. The van der Waals surface area contributed by atoms with Crippen LogP contribution in [0.1, 0.15) is 15.9 Å². The van der Waals surface area contributed by atoms with Crippen LogP contribution in [0.2, 0.25) is 0 Å². The van der Waals surface area contributed by atoms with Crippen LogP contribution in [0.5, 0.6) is 0 Å². The first-order chi connectivity index (χ1) is 9.70. The summed E-state index contributed by atoms with van der Waals surface area (Å²) in [5, 5.41) is 2.08. The van der Waals surface area contributed by atoms with Crippen LogP contribution in [0.4, 0.5) is 0 Å². The van der Waals surface area contributed by atoms with E-state index in [-0.39, 0.29) is 5.97 Å². The van der Waals surface area contributed by atoms with Gasteiger partial charge < -0.3 is 4.74 Å². The van der Waals surface area contributed by atoms with Gasteiger partial charge in [-0.1, -0.05) is 12.1 Å². The lowest BCUT2D eigenvalue weighted by molar-refractivity contribution is 0.0601. The van der Waals surface area contributed by atoms with Gasteiger partial charge in [0.25, 0.3) is 0 Å². The van der Waals surface area contributed by atoms with E-state index in [0.717, 1.165) is 27.0 Å². The third-order valence-electron chi connectivity index (χ3n) is 3.11. The van der Waals surface area contributed by atoms with Gasteiger partial charge in [-0.25, -0.2) is 14.8 Å². The maximum atomic E-state index is 11.4. The molecule has 100 valence electrons. The van der Waals surface area contributed by atoms with E-state index < -0.39 is 0 Å². The molecule has 3 rings (SSSR count). The van der Waals surface area contributed by atoms with Crippen LogP contribution >= 0.6 is 11.3 Å². The Morgan fingerprint density at radius 3 is 2.65 bits per heavy atom. The predicted octanol–water partition coefficient (Wildman–Crippen LogP) is 3.45. The van der Waals surface area contributed by atoms with Gasteiger partial charge in [-0.2, -0.15) is 0 Å². The zero-order valence-corrected chi connectivity index (χ0v) is 11.9. The molecule has 3 aromatic rings. The van der Waals surface area contributed by atoms with Gasteiger partial charge >= 0.3 is 5.97 Å². The SMILES string of the molecule is COC(=O)c1ccc(-c2ncnc3c(C)csc23)cc1. The van der Waals surface area contributed by atoms with Crippen LogP contribution in [0.15, 0.2) is 36.0 Å². The highest BCUT2D eigenvalue weighted by Gasteiger charge is 2.11. The number of aromatic nitrogens is 2. The number of carbonyl (C=O) groups is 1. The Morgan fingerprint density at radius 1 is 1.20 bits per heavy atom. The molecule has 0 amide bonds. The largest absolute Gasteiger partial charge is 0.465 e. The number of hydrogen-bond donors (Lipinski definition) is 0. The Kier molecular flexibility index (Phi) is 3.20. The third-order valence-corrected chi connectivity index (χ3v) is 4.20. The molecular formula is C15H12N2O2S. The molecule has 0 radical (unpaired) electrons. The number of thiophene rings is 1. The highest BCUT2D eigenvalue weighted by Crippen LogP contribution is 2.31. The summed E-state index contributed by atoms with van der Waals surface area (Å²) in [6.07, 6.45) is 1.58. The van der Waals surface area contributed by atoms with Crippen molar-refractivity contribution in [3.63, 3.8) is 0 Å². The van der Waals surface area contributed by atoms with E-state index in [1.54, 1.807) is 29.8 Å². The predicted molar refractivity (Wildman–Crippen MR) is 78.9 cm³/mol. The van der Waals surface area contributed by atoms with E-state index >= 15 is 0 Å². The van der Waals surface area contributed by atoms with Crippen molar-refractivity contribution in [1.82, 2.24) is 9.97 Å². The Bertz CT molecular complexity index is 778. The Hall–Kier alpha value is -2.27. The molecule has 5 heteroatoms. The number of hydrogen-bond acceptors (Lipinski definition) is 5. The molecule has 0 bridgehead atoms. The fourth-order valence-electron chi connectivity index (χ4n) is 2.06. The van der Waals surface area contributed by atoms with Crippen molar-refractivity contribution in [2.75, 3.05) is 7.11 Å². The van der Waals surface area contributed by atoms with Gasteiger partial charge in [0.15, 0.2) is 0 Å². The van der Waals surface area contributed by atoms with Crippen molar-refractivity contribution in [3.05, 3.63) is 47.1 Å². The topological polar surface area (TPSA) is 52.1 Å². The van der Waals surface area contributed by atoms with Crippen LogP contribution in [0.25, 0.3) is 21.5 Å². The number of benzene rings is 1. The molecule has 1 aromatic carbocycles. The van der Waals surface area contributed by atoms with E-state index in [2.05, 4.69) is 15.3 Å². The number of rotatable bonds is 2. The quantitative estimate of drug-likeness (QED) is 0.676. The summed E-state index contributed by atoms with van der Waals surface area (Å²) in [4.78, 5) is 20.1. The fourth-order valence-corrected chi connectivity index (χ4v) is 3.07. The van der Waals surface area contributed by atoms with Gasteiger partial charge in [-0.05, 0) is 30.0 Å². The fraction of sp³-hybridized carbons (Fsp3) is 0.133. The molecular weight excluding hydrogens is 272 g/mol.